The maximum atomic E-state index is 12.7. The average molecular weight is 493 g/mol. The third-order valence-electron chi connectivity index (χ3n) is 5.05. The van der Waals surface area contributed by atoms with E-state index in [1.807, 2.05) is 26.0 Å². The van der Waals surface area contributed by atoms with Crippen molar-refractivity contribution < 1.29 is 19.2 Å². The molecule has 4 aromatic rings. The molecule has 1 heterocycles. The van der Waals surface area contributed by atoms with Gasteiger partial charge in [0, 0.05) is 23.4 Å². The minimum absolute atomic E-state index is 0.0829. The Balaban J connectivity index is 1.46. The summed E-state index contributed by atoms with van der Waals surface area (Å²) >= 11 is 6.02. The summed E-state index contributed by atoms with van der Waals surface area (Å²) in [6.07, 6.45) is 1.60. The van der Waals surface area contributed by atoms with Crippen LogP contribution in [0.25, 0.3) is 0 Å². The third-order valence-corrected chi connectivity index (χ3v) is 5.47. The fraction of sp³-hybridized carbons (Fsp3) is 0.120. The second-order valence-electron chi connectivity index (χ2n) is 7.72. The number of carbonyl (C=O) groups excluding carboxylic acids is 1. The Hall–Kier alpha value is -4.37. The van der Waals surface area contributed by atoms with Crippen molar-refractivity contribution in [2.75, 3.05) is 5.32 Å². The standard InChI is InChI=1S/C25H21ClN4O5/c1-16-5-3-4-6-24(16)35-21-13-18(12-19(14-21)30(32)33)27-25(31)23-9-10-29(28-23)15-34-20-7-8-22(26)17(2)11-20/h3-14H,15H2,1-2H3,(H,27,31). The summed E-state index contributed by atoms with van der Waals surface area (Å²) < 4.78 is 13.0. The van der Waals surface area contributed by atoms with E-state index in [9.17, 15) is 14.9 Å². The van der Waals surface area contributed by atoms with Crippen molar-refractivity contribution in [2.24, 2.45) is 0 Å². The van der Waals surface area contributed by atoms with Gasteiger partial charge >= 0.3 is 0 Å². The zero-order valence-electron chi connectivity index (χ0n) is 18.9. The van der Waals surface area contributed by atoms with Crippen molar-refractivity contribution in [3.05, 3.63) is 105 Å². The van der Waals surface area contributed by atoms with Crippen LogP contribution in [0.3, 0.4) is 0 Å². The number of carbonyl (C=O) groups is 1. The number of para-hydroxylation sites is 1. The topological polar surface area (TPSA) is 109 Å². The molecule has 0 spiro atoms. The Morgan fingerprint density at radius 3 is 2.60 bits per heavy atom. The van der Waals surface area contributed by atoms with Crippen LogP contribution in [0.1, 0.15) is 21.6 Å². The minimum Gasteiger partial charge on any atom is -0.471 e. The van der Waals surface area contributed by atoms with Gasteiger partial charge in [0.25, 0.3) is 11.6 Å². The van der Waals surface area contributed by atoms with Crippen molar-refractivity contribution >= 4 is 28.9 Å². The number of benzene rings is 3. The summed E-state index contributed by atoms with van der Waals surface area (Å²) in [4.78, 5) is 23.6. The number of amides is 1. The number of halogens is 1. The lowest BCUT2D eigenvalue weighted by Gasteiger charge is -2.10. The molecule has 0 saturated heterocycles. The van der Waals surface area contributed by atoms with Gasteiger partial charge in [0.15, 0.2) is 12.4 Å². The van der Waals surface area contributed by atoms with Crippen molar-refractivity contribution in [3.63, 3.8) is 0 Å². The number of nitrogens with zero attached hydrogens (tertiary/aromatic N) is 3. The summed E-state index contributed by atoms with van der Waals surface area (Å²) in [7, 11) is 0. The van der Waals surface area contributed by atoms with Crippen LogP contribution in [-0.2, 0) is 6.73 Å². The van der Waals surface area contributed by atoms with Gasteiger partial charge in [-0.15, -0.1) is 0 Å². The Bertz CT molecular complexity index is 1400. The van der Waals surface area contributed by atoms with Gasteiger partial charge in [-0.2, -0.15) is 5.10 Å². The zero-order chi connectivity index (χ0) is 24.9. The van der Waals surface area contributed by atoms with E-state index < -0.39 is 10.8 Å². The number of anilines is 1. The molecule has 0 saturated carbocycles. The van der Waals surface area contributed by atoms with Crippen molar-refractivity contribution in [1.29, 1.82) is 0 Å². The summed E-state index contributed by atoms with van der Waals surface area (Å²) in [6, 6.07) is 18.2. The molecular weight excluding hydrogens is 472 g/mol. The number of hydrogen-bond donors (Lipinski definition) is 1. The fourth-order valence-corrected chi connectivity index (χ4v) is 3.33. The third kappa shape index (κ3) is 5.96. The quantitative estimate of drug-likeness (QED) is 0.233. The lowest BCUT2D eigenvalue weighted by molar-refractivity contribution is -0.384. The van der Waals surface area contributed by atoms with Crippen LogP contribution in [-0.4, -0.2) is 20.6 Å². The van der Waals surface area contributed by atoms with Crippen LogP contribution in [0.15, 0.2) is 72.9 Å². The molecule has 0 atom stereocenters. The number of rotatable bonds is 8. The Morgan fingerprint density at radius 2 is 1.86 bits per heavy atom. The van der Waals surface area contributed by atoms with Crippen LogP contribution in [0.4, 0.5) is 11.4 Å². The lowest BCUT2D eigenvalue weighted by atomic mass is 10.2. The predicted molar refractivity (Wildman–Crippen MR) is 131 cm³/mol. The van der Waals surface area contributed by atoms with E-state index in [4.69, 9.17) is 21.1 Å². The lowest BCUT2D eigenvalue weighted by Crippen LogP contribution is -2.14. The highest BCUT2D eigenvalue weighted by atomic mass is 35.5. The molecule has 3 aromatic carbocycles. The van der Waals surface area contributed by atoms with E-state index in [1.54, 1.807) is 36.5 Å². The smallest absolute Gasteiger partial charge is 0.276 e. The highest BCUT2D eigenvalue weighted by Crippen LogP contribution is 2.31. The first-order valence-electron chi connectivity index (χ1n) is 10.6. The van der Waals surface area contributed by atoms with Crippen LogP contribution in [0.2, 0.25) is 5.02 Å². The Kier molecular flexibility index (Phi) is 6.98. The molecule has 0 aliphatic rings. The molecule has 1 N–H and O–H groups in total. The summed E-state index contributed by atoms with van der Waals surface area (Å²) in [5.74, 6) is 0.862. The summed E-state index contributed by atoms with van der Waals surface area (Å²) in [6.45, 7) is 3.82. The number of aromatic nitrogens is 2. The normalized spacial score (nSPS) is 10.6. The Morgan fingerprint density at radius 1 is 1.06 bits per heavy atom. The number of non-ortho nitro benzene ring substituents is 1. The first kappa shape index (κ1) is 23.8. The monoisotopic (exact) mass is 492 g/mol. The molecule has 1 amide bonds. The highest BCUT2D eigenvalue weighted by molar-refractivity contribution is 6.31. The second kappa shape index (κ2) is 10.3. The highest BCUT2D eigenvalue weighted by Gasteiger charge is 2.16. The van der Waals surface area contributed by atoms with Gasteiger partial charge in [-0.3, -0.25) is 14.9 Å². The molecule has 10 heteroatoms. The van der Waals surface area contributed by atoms with E-state index in [1.165, 1.54) is 28.9 Å². The van der Waals surface area contributed by atoms with Crippen molar-refractivity contribution in [2.45, 2.75) is 20.6 Å². The van der Waals surface area contributed by atoms with E-state index >= 15 is 0 Å². The largest absolute Gasteiger partial charge is 0.471 e. The van der Waals surface area contributed by atoms with Gasteiger partial charge in [-0.1, -0.05) is 29.8 Å². The van der Waals surface area contributed by atoms with Gasteiger partial charge < -0.3 is 14.8 Å². The van der Waals surface area contributed by atoms with Crippen molar-refractivity contribution in [1.82, 2.24) is 9.78 Å². The molecule has 0 aliphatic carbocycles. The predicted octanol–water partition coefficient (Wildman–Crippen LogP) is 6.14. The second-order valence-corrected chi connectivity index (χ2v) is 8.13. The number of ether oxygens (including phenoxy) is 2. The van der Waals surface area contributed by atoms with E-state index in [-0.39, 0.29) is 29.5 Å². The van der Waals surface area contributed by atoms with Gasteiger partial charge in [-0.25, -0.2) is 4.68 Å². The Labute approximate surface area is 206 Å². The molecule has 0 aliphatic heterocycles. The SMILES string of the molecule is Cc1cc(OCn2ccc(C(=O)Nc3cc(Oc4ccccc4C)cc([N+](=O)[O-])c3)n2)ccc1Cl. The molecule has 0 bridgehead atoms. The average Bonchev–Trinajstić information content (AvgIpc) is 3.30. The molecule has 0 fully saturated rings. The number of aryl methyl sites for hydroxylation is 2. The first-order chi connectivity index (χ1) is 16.8. The molecule has 1 aromatic heterocycles. The molecule has 35 heavy (non-hydrogen) atoms. The van der Waals surface area contributed by atoms with Gasteiger partial charge in [0.2, 0.25) is 0 Å². The summed E-state index contributed by atoms with van der Waals surface area (Å²) in [5, 5.41) is 18.9. The van der Waals surface area contributed by atoms with Gasteiger partial charge in [0.1, 0.15) is 17.2 Å². The molecule has 4 rings (SSSR count). The van der Waals surface area contributed by atoms with Crippen LogP contribution in [0.5, 0.6) is 17.2 Å². The van der Waals surface area contributed by atoms with Crippen LogP contribution >= 0.6 is 11.6 Å². The van der Waals surface area contributed by atoms with Gasteiger partial charge in [0.05, 0.1) is 16.7 Å². The zero-order valence-corrected chi connectivity index (χ0v) is 19.7. The minimum atomic E-state index is -0.551. The number of hydrogen-bond acceptors (Lipinski definition) is 6. The molecular formula is C25H21ClN4O5. The van der Waals surface area contributed by atoms with Crippen LogP contribution in [0, 0.1) is 24.0 Å². The number of nitrogens with one attached hydrogen (secondary N) is 1. The maximum absolute atomic E-state index is 12.7. The molecule has 0 radical (unpaired) electrons. The molecule has 0 unspecified atom stereocenters. The van der Waals surface area contributed by atoms with Gasteiger partial charge in [-0.05, 0) is 55.3 Å². The summed E-state index contributed by atoms with van der Waals surface area (Å²) in [5.41, 5.74) is 1.85. The fourth-order valence-electron chi connectivity index (χ4n) is 3.22. The molecule has 178 valence electrons. The first-order valence-corrected chi connectivity index (χ1v) is 10.9. The number of nitro benzene ring substituents is 1. The van der Waals surface area contributed by atoms with Crippen LogP contribution < -0.4 is 14.8 Å². The number of nitro groups is 1. The molecule has 9 nitrogen and oxygen atoms in total. The maximum Gasteiger partial charge on any atom is 0.276 e. The van der Waals surface area contributed by atoms with Crippen molar-refractivity contribution in [3.8, 4) is 17.2 Å². The van der Waals surface area contributed by atoms with E-state index in [2.05, 4.69) is 10.4 Å². The van der Waals surface area contributed by atoms with E-state index in [0.29, 0.717) is 16.5 Å². The van der Waals surface area contributed by atoms with E-state index in [0.717, 1.165) is 11.1 Å².